The van der Waals surface area contributed by atoms with E-state index in [0.717, 1.165) is 11.1 Å². The number of benzene rings is 1. The van der Waals surface area contributed by atoms with Gasteiger partial charge in [-0.05, 0) is 35.6 Å². The van der Waals surface area contributed by atoms with Gasteiger partial charge in [-0.15, -0.1) is 11.3 Å². The molecule has 1 aromatic heterocycles. The second kappa shape index (κ2) is 8.05. The number of nitrogens with one attached hydrogen (secondary N) is 1. The molecule has 0 radical (unpaired) electrons. The van der Waals surface area contributed by atoms with Gasteiger partial charge in [0.05, 0.1) is 4.88 Å². The van der Waals surface area contributed by atoms with Crippen LogP contribution in [0.1, 0.15) is 20.8 Å². The zero-order valence-electron chi connectivity index (χ0n) is 12.4. The van der Waals surface area contributed by atoms with Gasteiger partial charge >= 0.3 is 5.97 Å². The van der Waals surface area contributed by atoms with Crippen LogP contribution in [0, 0.1) is 6.92 Å². The summed E-state index contributed by atoms with van der Waals surface area (Å²) in [5.41, 5.74) is 1.91. The zero-order chi connectivity index (χ0) is 16.7. The summed E-state index contributed by atoms with van der Waals surface area (Å²) >= 11 is 1.22. The second-order valence-corrected chi connectivity index (χ2v) is 5.60. The third-order valence-electron chi connectivity index (χ3n) is 2.93. The first kappa shape index (κ1) is 16.6. The molecule has 0 saturated heterocycles. The van der Waals surface area contributed by atoms with Gasteiger partial charge in [-0.25, -0.2) is 4.79 Å². The predicted octanol–water partition coefficient (Wildman–Crippen LogP) is 2.57. The highest BCUT2D eigenvalue weighted by atomic mass is 32.1. The van der Waals surface area contributed by atoms with Crippen molar-refractivity contribution in [3.8, 4) is 0 Å². The van der Waals surface area contributed by atoms with Crippen LogP contribution in [0.15, 0.2) is 47.9 Å². The van der Waals surface area contributed by atoms with Crippen LogP contribution in [0.25, 0.3) is 6.08 Å². The van der Waals surface area contributed by atoms with E-state index in [0.29, 0.717) is 4.88 Å². The molecule has 0 spiro atoms. The summed E-state index contributed by atoms with van der Waals surface area (Å²) in [5, 5.41) is 3.88. The summed E-state index contributed by atoms with van der Waals surface area (Å²) in [4.78, 5) is 35.2. The van der Waals surface area contributed by atoms with Crippen molar-refractivity contribution < 1.29 is 19.1 Å². The quantitative estimate of drug-likeness (QED) is 0.676. The third kappa shape index (κ3) is 5.19. The third-order valence-corrected chi connectivity index (χ3v) is 3.80. The van der Waals surface area contributed by atoms with Crippen molar-refractivity contribution in [1.82, 2.24) is 5.32 Å². The highest BCUT2D eigenvalue weighted by Crippen LogP contribution is 2.09. The molecule has 1 aromatic carbocycles. The molecule has 0 atom stereocenters. The standard InChI is InChI=1S/C17H15NO4S/c1-12-5-2-3-6-13(12)8-9-16(20)22-11-15(19)18-17(21)14-7-4-10-23-14/h2-10H,11H2,1H3,(H,18,19,21)/b9-8+. The molecule has 0 saturated carbocycles. The van der Waals surface area contributed by atoms with Gasteiger partial charge in [0, 0.05) is 6.08 Å². The predicted molar refractivity (Wildman–Crippen MR) is 88.0 cm³/mol. The number of esters is 1. The molecular weight excluding hydrogens is 314 g/mol. The van der Waals surface area contributed by atoms with Gasteiger partial charge in [-0.2, -0.15) is 0 Å². The Morgan fingerprint density at radius 2 is 1.96 bits per heavy atom. The Labute approximate surface area is 137 Å². The van der Waals surface area contributed by atoms with Crippen molar-refractivity contribution in [2.45, 2.75) is 6.92 Å². The summed E-state index contributed by atoms with van der Waals surface area (Å²) in [6, 6.07) is 10.9. The fraction of sp³-hybridized carbons (Fsp3) is 0.118. The lowest BCUT2D eigenvalue weighted by Crippen LogP contribution is -2.33. The van der Waals surface area contributed by atoms with E-state index in [9.17, 15) is 14.4 Å². The summed E-state index contributed by atoms with van der Waals surface area (Å²) in [7, 11) is 0. The van der Waals surface area contributed by atoms with Crippen molar-refractivity contribution in [1.29, 1.82) is 0 Å². The number of imide groups is 1. The Morgan fingerprint density at radius 3 is 2.65 bits per heavy atom. The van der Waals surface area contributed by atoms with Gasteiger partial charge < -0.3 is 4.74 Å². The average molecular weight is 329 g/mol. The molecule has 2 amide bonds. The minimum atomic E-state index is -0.666. The highest BCUT2D eigenvalue weighted by molar-refractivity contribution is 7.12. The van der Waals surface area contributed by atoms with Gasteiger partial charge in [-0.1, -0.05) is 30.3 Å². The lowest BCUT2D eigenvalue weighted by Gasteiger charge is -2.03. The molecule has 1 heterocycles. The van der Waals surface area contributed by atoms with E-state index in [2.05, 4.69) is 5.32 Å². The van der Waals surface area contributed by atoms with Crippen molar-refractivity contribution in [2.24, 2.45) is 0 Å². The Kier molecular flexibility index (Phi) is 5.82. The molecule has 0 unspecified atom stereocenters. The largest absolute Gasteiger partial charge is 0.452 e. The maximum Gasteiger partial charge on any atom is 0.331 e. The minimum absolute atomic E-state index is 0.420. The number of aryl methyl sites for hydroxylation is 1. The molecule has 5 nitrogen and oxygen atoms in total. The normalized spacial score (nSPS) is 10.5. The van der Waals surface area contributed by atoms with E-state index >= 15 is 0 Å². The lowest BCUT2D eigenvalue weighted by molar-refractivity contribution is -0.143. The van der Waals surface area contributed by atoms with Gasteiger partial charge in [0.25, 0.3) is 11.8 Å². The van der Waals surface area contributed by atoms with Crippen molar-refractivity contribution in [3.05, 3.63) is 63.9 Å². The molecule has 1 N–H and O–H groups in total. The van der Waals surface area contributed by atoms with Gasteiger partial charge in [0.2, 0.25) is 0 Å². The zero-order valence-corrected chi connectivity index (χ0v) is 13.3. The number of hydrogen-bond donors (Lipinski definition) is 1. The van der Waals surface area contributed by atoms with Crippen LogP contribution in [0.5, 0.6) is 0 Å². The van der Waals surface area contributed by atoms with Gasteiger partial charge in [-0.3, -0.25) is 14.9 Å². The first-order chi connectivity index (χ1) is 11.1. The number of thiophene rings is 1. The molecule has 2 rings (SSSR count). The number of rotatable bonds is 5. The topological polar surface area (TPSA) is 72.5 Å². The highest BCUT2D eigenvalue weighted by Gasteiger charge is 2.12. The van der Waals surface area contributed by atoms with E-state index < -0.39 is 24.4 Å². The number of carbonyl (C=O) groups is 3. The fourth-order valence-electron chi connectivity index (χ4n) is 1.75. The second-order valence-electron chi connectivity index (χ2n) is 4.65. The van der Waals surface area contributed by atoms with Crippen LogP contribution in [0.2, 0.25) is 0 Å². The Morgan fingerprint density at radius 1 is 1.17 bits per heavy atom. The maximum absolute atomic E-state index is 11.6. The molecular formula is C17H15NO4S. The van der Waals surface area contributed by atoms with Gasteiger partial charge in [0.1, 0.15) is 0 Å². The number of ether oxygens (including phenoxy) is 1. The molecule has 0 fully saturated rings. The SMILES string of the molecule is Cc1ccccc1/C=C/C(=O)OCC(=O)NC(=O)c1cccs1. The first-order valence-corrected chi connectivity index (χ1v) is 7.72. The van der Waals surface area contributed by atoms with Crippen molar-refractivity contribution in [2.75, 3.05) is 6.61 Å². The molecule has 118 valence electrons. The smallest absolute Gasteiger partial charge is 0.331 e. The van der Waals surface area contributed by atoms with E-state index in [4.69, 9.17) is 4.74 Å². The van der Waals surface area contributed by atoms with Crippen LogP contribution in [0.4, 0.5) is 0 Å². The molecule has 0 aliphatic rings. The molecule has 6 heteroatoms. The first-order valence-electron chi connectivity index (χ1n) is 6.84. The maximum atomic E-state index is 11.6. The monoisotopic (exact) mass is 329 g/mol. The van der Waals surface area contributed by atoms with Crippen molar-refractivity contribution in [3.63, 3.8) is 0 Å². The average Bonchev–Trinajstić information content (AvgIpc) is 3.06. The summed E-state index contributed by atoms with van der Waals surface area (Å²) in [6.07, 6.45) is 2.86. The molecule has 23 heavy (non-hydrogen) atoms. The van der Waals surface area contributed by atoms with E-state index in [-0.39, 0.29) is 0 Å². The molecule has 2 aromatic rings. The number of amides is 2. The van der Waals surface area contributed by atoms with Crippen LogP contribution in [0.3, 0.4) is 0 Å². The van der Waals surface area contributed by atoms with Gasteiger partial charge in [0.15, 0.2) is 6.61 Å². The van der Waals surface area contributed by atoms with Crippen LogP contribution >= 0.6 is 11.3 Å². The Hall–Kier alpha value is -2.73. The Bertz CT molecular complexity index is 735. The minimum Gasteiger partial charge on any atom is -0.452 e. The molecule has 0 aliphatic carbocycles. The van der Waals surface area contributed by atoms with E-state index in [1.807, 2.05) is 31.2 Å². The van der Waals surface area contributed by atoms with Crippen LogP contribution in [-0.2, 0) is 14.3 Å². The van der Waals surface area contributed by atoms with E-state index in [1.54, 1.807) is 23.6 Å². The number of hydrogen-bond acceptors (Lipinski definition) is 5. The fourth-order valence-corrected chi connectivity index (χ4v) is 2.37. The molecule has 0 bridgehead atoms. The number of carbonyl (C=O) groups excluding carboxylic acids is 3. The summed E-state index contributed by atoms with van der Waals surface area (Å²) < 4.78 is 4.80. The van der Waals surface area contributed by atoms with Crippen LogP contribution in [-0.4, -0.2) is 24.4 Å². The summed E-state index contributed by atoms with van der Waals surface area (Å²) in [6.45, 7) is 1.42. The Balaban J connectivity index is 1.79. The summed E-state index contributed by atoms with van der Waals surface area (Å²) in [5.74, 6) is -1.82. The van der Waals surface area contributed by atoms with Crippen LogP contribution < -0.4 is 5.32 Å². The molecule has 0 aliphatic heterocycles. The lowest BCUT2D eigenvalue weighted by atomic mass is 10.1. The van der Waals surface area contributed by atoms with E-state index in [1.165, 1.54) is 17.4 Å². The van der Waals surface area contributed by atoms with Crippen molar-refractivity contribution >= 4 is 35.2 Å².